The third-order valence-electron chi connectivity index (χ3n) is 2.99. The molecule has 2 aromatic heterocycles. The maximum Gasteiger partial charge on any atom is 0.226 e. The van der Waals surface area contributed by atoms with Crippen molar-refractivity contribution in [3.8, 4) is 0 Å². The van der Waals surface area contributed by atoms with Crippen molar-refractivity contribution < 1.29 is 9.84 Å². The number of hydrogen-bond acceptors (Lipinski definition) is 7. The standard InChI is InChI=1S/C14H22N4O2S/c1-4-10-6-11-12(16-7-9(19)8-20-3)17-14(15-5-2)18-13(11)21-10/h6,9,19H,4-5,7-8H2,1-3H3,(H2,15,16,17,18). The van der Waals surface area contributed by atoms with Crippen LogP contribution < -0.4 is 10.6 Å². The highest BCUT2D eigenvalue weighted by atomic mass is 32.1. The van der Waals surface area contributed by atoms with Crippen molar-refractivity contribution >= 4 is 33.3 Å². The van der Waals surface area contributed by atoms with Gasteiger partial charge in [0.05, 0.1) is 18.1 Å². The first kappa shape index (κ1) is 15.9. The van der Waals surface area contributed by atoms with Crippen molar-refractivity contribution in [3.63, 3.8) is 0 Å². The van der Waals surface area contributed by atoms with E-state index in [2.05, 4.69) is 33.6 Å². The minimum atomic E-state index is -0.563. The minimum Gasteiger partial charge on any atom is -0.389 e. The number of nitrogens with one attached hydrogen (secondary N) is 2. The Hall–Kier alpha value is -1.44. The topological polar surface area (TPSA) is 79.3 Å². The number of ether oxygens (including phenoxy) is 1. The van der Waals surface area contributed by atoms with Crippen LogP contribution >= 0.6 is 11.3 Å². The molecule has 1 atom stereocenters. The summed E-state index contributed by atoms with van der Waals surface area (Å²) in [4.78, 5) is 11.2. The molecule has 0 bridgehead atoms. The quantitative estimate of drug-likeness (QED) is 0.693. The van der Waals surface area contributed by atoms with Crippen molar-refractivity contribution in [2.24, 2.45) is 0 Å². The molecule has 1 unspecified atom stereocenters. The Labute approximate surface area is 128 Å². The van der Waals surface area contributed by atoms with Crippen LogP contribution in [0, 0.1) is 0 Å². The fourth-order valence-electron chi connectivity index (χ4n) is 1.98. The largest absolute Gasteiger partial charge is 0.389 e. The molecule has 0 spiro atoms. The highest BCUT2D eigenvalue weighted by Gasteiger charge is 2.12. The second kappa shape index (κ2) is 7.53. The van der Waals surface area contributed by atoms with Crippen molar-refractivity contribution in [1.29, 1.82) is 0 Å². The normalized spacial score (nSPS) is 12.6. The van der Waals surface area contributed by atoms with Crippen LogP contribution in [-0.4, -0.2) is 48.0 Å². The summed E-state index contributed by atoms with van der Waals surface area (Å²) in [5.74, 6) is 1.36. The number of aryl methyl sites for hydroxylation is 1. The molecule has 0 radical (unpaired) electrons. The van der Waals surface area contributed by atoms with E-state index in [1.54, 1.807) is 18.4 Å². The molecule has 6 nitrogen and oxygen atoms in total. The molecule has 0 saturated heterocycles. The van der Waals surface area contributed by atoms with Crippen LogP contribution in [0.15, 0.2) is 6.07 Å². The average molecular weight is 310 g/mol. The Morgan fingerprint density at radius 2 is 2.14 bits per heavy atom. The van der Waals surface area contributed by atoms with Gasteiger partial charge in [-0.2, -0.15) is 4.98 Å². The lowest BCUT2D eigenvalue weighted by Crippen LogP contribution is -2.24. The molecule has 2 heterocycles. The molecular weight excluding hydrogens is 288 g/mol. The highest BCUT2D eigenvalue weighted by Crippen LogP contribution is 2.30. The zero-order valence-electron chi connectivity index (χ0n) is 12.6. The van der Waals surface area contributed by atoms with Crippen molar-refractivity contribution in [2.45, 2.75) is 26.4 Å². The van der Waals surface area contributed by atoms with E-state index in [0.717, 1.165) is 29.0 Å². The van der Waals surface area contributed by atoms with Crippen LogP contribution in [0.1, 0.15) is 18.7 Å². The maximum atomic E-state index is 9.76. The van der Waals surface area contributed by atoms with Gasteiger partial charge in [0.1, 0.15) is 10.6 Å². The van der Waals surface area contributed by atoms with Gasteiger partial charge in [0.15, 0.2) is 0 Å². The zero-order valence-corrected chi connectivity index (χ0v) is 13.5. The van der Waals surface area contributed by atoms with Gasteiger partial charge in [-0.1, -0.05) is 6.92 Å². The zero-order chi connectivity index (χ0) is 15.2. The first-order valence-electron chi connectivity index (χ1n) is 7.13. The summed E-state index contributed by atoms with van der Waals surface area (Å²) in [6.45, 7) is 5.59. The molecule has 0 aliphatic heterocycles. The molecule has 0 aliphatic carbocycles. The molecule has 116 valence electrons. The van der Waals surface area contributed by atoms with E-state index in [4.69, 9.17) is 4.74 Å². The number of thiophene rings is 1. The molecular formula is C14H22N4O2S. The molecule has 0 fully saturated rings. The van der Waals surface area contributed by atoms with E-state index in [-0.39, 0.29) is 0 Å². The molecule has 21 heavy (non-hydrogen) atoms. The second-order valence-electron chi connectivity index (χ2n) is 4.70. The lowest BCUT2D eigenvalue weighted by molar-refractivity contribution is 0.0727. The van der Waals surface area contributed by atoms with Crippen LogP contribution in [0.2, 0.25) is 0 Å². The molecule has 2 rings (SSSR count). The van der Waals surface area contributed by atoms with Gasteiger partial charge in [0.25, 0.3) is 0 Å². The second-order valence-corrected chi connectivity index (χ2v) is 5.82. The average Bonchev–Trinajstić information content (AvgIpc) is 2.88. The summed E-state index contributed by atoms with van der Waals surface area (Å²) in [5.41, 5.74) is 0. The van der Waals surface area contributed by atoms with E-state index < -0.39 is 6.10 Å². The Morgan fingerprint density at radius 1 is 1.33 bits per heavy atom. The van der Waals surface area contributed by atoms with E-state index in [9.17, 15) is 5.11 Å². The van der Waals surface area contributed by atoms with Gasteiger partial charge in [-0.15, -0.1) is 11.3 Å². The van der Waals surface area contributed by atoms with Gasteiger partial charge < -0.3 is 20.5 Å². The van der Waals surface area contributed by atoms with Gasteiger partial charge >= 0.3 is 0 Å². The fraction of sp³-hybridized carbons (Fsp3) is 0.571. The number of rotatable bonds is 8. The van der Waals surface area contributed by atoms with Crippen LogP contribution in [-0.2, 0) is 11.2 Å². The number of anilines is 2. The Bertz CT molecular complexity index is 588. The summed E-state index contributed by atoms with van der Waals surface area (Å²) < 4.78 is 4.93. The number of aliphatic hydroxyl groups excluding tert-OH is 1. The fourth-order valence-corrected chi connectivity index (χ4v) is 2.95. The third-order valence-corrected chi connectivity index (χ3v) is 4.16. The number of hydrogen-bond donors (Lipinski definition) is 3. The molecule has 0 aliphatic rings. The summed E-state index contributed by atoms with van der Waals surface area (Å²) in [6.07, 6.45) is 0.412. The lowest BCUT2D eigenvalue weighted by Gasteiger charge is -2.12. The number of fused-ring (bicyclic) bond motifs is 1. The predicted molar refractivity (Wildman–Crippen MR) is 87.3 cm³/mol. The molecule has 3 N–H and O–H groups in total. The minimum absolute atomic E-state index is 0.297. The molecule has 0 amide bonds. The molecule has 2 aromatic rings. The summed E-state index contributed by atoms with van der Waals surface area (Å²) >= 11 is 1.68. The van der Waals surface area contributed by atoms with Crippen LogP contribution in [0.5, 0.6) is 0 Å². The molecule has 7 heteroatoms. The van der Waals surface area contributed by atoms with Gasteiger partial charge in [-0.25, -0.2) is 4.98 Å². The number of nitrogens with zero attached hydrogens (tertiary/aromatic N) is 2. The van der Waals surface area contributed by atoms with Gasteiger partial charge in [0, 0.05) is 25.1 Å². The van der Waals surface area contributed by atoms with E-state index in [1.807, 2.05) is 6.92 Å². The number of aliphatic hydroxyl groups is 1. The number of methoxy groups -OCH3 is 1. The van der Waals surface area contributed by atoms with E-state index in [1.165, 1.54) is 4.88 Å². The summed E-state index contributed by atoms with van der Waals surface area (Å²) in [7, 11) is 1.57. The maximum absolute atomic E-state index is 9.76. The Kier molecular flexibility index (Phi) is 5.72. The van der Waals surface area contributed by atoms with E-state index >= 15 is 0 Å². The van der Waals surface area contributed by atoms with Crippen LogP contribution in [0.4, 0.5) is 11.8 Å². The highest BCUT2D eigenvalue weighted by molar-refractivity contribution is 7.18. The Balaban J connectivity index is 2.27. The van der Waals surface area contributed by atoms with Crippen molar-refractivity contribution in [2.75, 3.05) is 37.4 Å². The summed E-state index contributed by atoms with van der Waals surface area (Å²) in [6, 6.07) is 2.11. The molecule has 0 saturated carbocycles. The van der Waals surface area contributed by atoms with Crippen LogP contribution in [0.25, 0.3) is 10.2 Å². The van der Waals surface area contributed by atoms with Crippen molar-refractivity contribution in [3.05, 3.63) is 10.9 Å². The van der Waals surface area contributed by atoms with Gasteiger partial charge in [0.2, 0.25) is 5.95 Å². The summed E-state index contributed by atoms with van der Waals surface area (Å²) in [5, 5.41) is 17.1. The lowest BCUT2D eigenvalue weighted by atomic mass is 10.3. The predicted octanol–water partition coefficient (Wildman–Crippen LogP) is 2.10. The van der Waals surface area contributed by atoms with E-state index in [0.29, 0.717) is 19.1 Å². The van der Waals surface area contributed by atoms with Gasteiger partial charge in [-0.3, -0.25) is 0 Å². The van der Waals surface area contributed by atoms with Gasteiger partial charge in [-0.05, 0) is 19.4 Å². The number of aromatic nitrogens is 2. The first-order valence-corrected chi connectivity index (χ1v) is 7.94. The monoisotopic (exact) mass is 310 g/mol. The van der Waals surface area contributed by atoms with Crippen LogP contribution in [0.3, 0.4) is 0 Å². The smallest absolute Gasteiger partial charge is 0.226 e. The Morgan fingerprint density at radius 3 is 2.81 bits per heavy atom. The third kappa shape index (κ3) is 4.03. The SMILES string of the molecule is CCNc1nc(NCC(O)COC)c2cc(CC)sc2n1. The molecule has 0 aromatic carbocycles. The first-order chi connectivity index (χ1) is 10.2. The van der Waals surface area contributed by atoms with Crippen molar-refractivity contribution in [1.82, 2.24) is 9.97 Å².